The molecule has 1 aliphatic carbocycles. The Bertz CT molecular complexity index is 496. The first-order valence-corrected chi connectivity index (χ1v) is 9.15. The third-order valence-corrected chi connectivity index (χ3v) is 6.69. The van der Waals surface area contributed by atoms with Crippen molar-refractivity contribution in [3.63, 3.8) is 0 Å². The smallest absolute Gasteiger partial charge is 0.314 e. The standard InChI is InChI=1S/C18H24O2S/c1-3-12(2)13-6-8-16(9-7-13)20-18(19)14-4-5-15-11-21-17(15)10-14/h6-9,12,14-15,17H,3-5,10-11H2,1-2H3. The Kier molecular flexibility index (Phi) is 4.58. The molecule has 1 saturated heterocycles. The van der Waals surface area contributed by atoms with Gasteiger partial charge in [0.1, 0.15) is 5.75 Å². The Morgan fingerprint density at radius 3 is 2.67 bits per heavy atom. The maximum absolute atomic E-state index is 12.3. The molecule has 0 bridgehead atoms. The maximum atomic E-state index is 12.3. The number of carbonyl (C=O) groups excluding carboxylic acids is 1. The predicted octanol–water partition coefficient (Wildman–Crippen LogP) is 4.64. The molecule has 1 aliphatic heterocycles. The monoisotopic (exact) mass is 304 g/mol. The molecule has 4 atom stereocenters. The lowest BCUT2D eigenvalue weighted by molar-refractivity contribution is -0.140. The first kappa shape index (κ1) is 15.0. The zero-order chi connectivity index (χ0) is 14.8. The molecule has 1 aromatic rings. The summed E-state index contributed by atoms with van der Waals surface area (Å²) in [7, 11) is 0. The summed E-state index contributed by atoms with van der Waals surface area (Å²) in [6.45, 7) is 4.41. The van der Waals surface area contributed by atoms with Crippen molar-refractivity contribution in [3.05, 3.63) is 29.8 Å². The van der Waals surface area contributed by atoms with Gasteiger partial charge < -0.3 is 4.74 Å². The van der Waals surface area contributed by atoms with E-state index >= 15 is 0 Å². The SMILES string of the molecule is CCC(C)c1ccc(OC(=O)C2CCC3CSC3C2)cc1. The van der Waals surface area contributed by atoms with Crippen LogP contribution < -0.4 is 4.74 Å². The molecule has 3 rings (SSSR count). The van der Waals surface area contributed by atoms with Gasteiger partial charge in [0.2, 0.25) is 0 Å². The molecule has 0 N–H and O–H groups in total. The summed E-state index contributed by atoms with van der Waals surface area (Å²) in [6.07, 6.45) is 4.34. The summed E-state index contributed by atoms with van der Waals surface area (Å²) in [5, 5.41) is 0.712. The third-order valence-electron chi connectivity index (χ3n) is 5.07. The van der Waals surface area contributed by atoms with Crippen molar-refractivity contribution >= 4 is 17.7 Å². The second-order valence-corrected chi connectivity index (χ2v) is 7.71. The minimum Gasteiger partial charge on any atom is -0.426 e. The Morgan fingerprint density at radius 1 is 1.33 bits per heavy atom. The van der Waals surface area contributed by atoms with Gasteiger partial charge in [-0.15, -0.1) is 0 Å². The maximum Gasteiger partial charge on any atom is 0.314 e. The van der Waals surface area contributed by atoms with Crippen molar-refractivity contribution in [2.24, 2.45) is 11.8 Å². The van der Waals surface area contributed by atoms with Crippen LogP contribution in [0.2, 0.25) is 0 Å². The van der Waals surface area contributed by atoms with Crippen LogP contribution in [-0.2, 0) is 4.79 Å². The van der Waals surface area contributed by atoms with Gasteiger partial charge in [0.25, 0.3) is 0 Å². The van der Waals surface area contributed by atoms with Gasteiger partial charge in [-0.3, -0.25) is 4.79 Å². The highest BCUT2D eigenvalue weighted by Gasteiger charge is 2.40. The van der Waals surface area contributed by atoms with E-state index in [9.17, 15) is 4.79 Å². The van der Waals surface area contributed by atoms with Crippen LogP contribution >= 0.6 is 11.8 Å². The first-order chi connectivity index (χ1) is 10.2. The van der Waals surface area contributed by atoms with Crippen LogP contribution in [0.3, 0.4) is 0 Å². The minimum absolute atomic E-state index is 0.0303. The lowest BCUT2D eigenvalue weighted by Gasteiger charge is -2.42. The van der Waals surface area contributed by atoms with Gasteiger partial charge in [0, 0.05) is 5.25 Å². The number of thioether (sulfide) groups is 1. The number of hydrogen-bond donors (Lipinski definition) is 0. The molecule has 2 aliphatic rings. The second-order valence-electron chi connectivity index (χ2n) is 6.44. The van der Waals surface area contributed by atoms with Gasteiger partial charge in [-0.2, -0.15) is 11.8 Å². The van der Waals surface area contributed by atoms with Gasteiger partial charge in [0.15, 0.2) is 0 Å². The van der Waals surface area contributed by atoms with Gasteiger partial charge >= 0.3 is 5.97 Å². The summed E-state index contributed by atoms with van der Waals surface area (Å²) in [5.74, 6) is 3.49. The van der Waals surface area contributed by atoms with Crippen LogP contribution in [0.25, 0.3) is 0 Å². The molecular formula is C18H24O2S. The van der Waals surface area contributed by atoms with Crippen LogP contribution in [0.4, 0.5) is 0 Å². The fourth-order valence-corrected chi connectivity index (χ4v) is 4.63. The molecule has 0 radical (unpaired) electrons. The topological polar surface area (TPSA) is 26.3 Å². The lowest BCUT2D eigenvalue weighted by Crippen LogP contribution is -2.40. The molecule has 21 heavy (non-hydrogen) atoms. The summed E-state index contributed by atoms with van der Waals surface area (Å²) in [4.78, 5) is 12.3. The number of rotatable bonds is 4. The van der Waals surface area contributed by atoms with E-state index < -0.39 is 0 Å². The molecule has 1 saturated carbocycles. The average molecular weight is 304 g/mol. The summed E-state index contributed by atoms with van der Waals surface area (Å²) >= 11 is 2.02. The fourth-order valence-electron chi connectivity index (χ4n) is 3.23. The van der Waals surface area contributed by atoms with E-state index in [4.69, 9.17) is 4.74 Å². The highest BCUT2D eigenvalue weighted by molar-refractivity contribution is 8.01. The van der Waals surface area contributed by atoms with Crippen LogP contribution in [0.5, 0.6) is 5.75 Å². The van der Waals surface area contributed by atoms with E-state index in [1.807, 2.05) is 23.9 Å². The van der Waals surface area contributed by atoms with E-state index in [0.717, 1.165) is 25.2 Å². The number of fused-ring (bicyclic) bond motifs is 1. The van der Waals surface area contributed by atoms with E-state index in [-0.39, 0.29) is 11.9 Å². The molecule has 2 nitrogen and oxygen atoms in total. The van der Waals surface area contributed by atoms with Crippen LogP contribution in [0, 0.1) is 11.8 Å². The molecular weight excluding hydrogens is 280 g/mol. The molecule has 3 heteroatoms. The largest absolute Gasteiger partial charge is 0.426 e. The summed E-state index contributed by atoms with van der Waals surface area (Å²) in [5.41, 5.74) is 1.31. The van der Waals surface area contributed by atoms with Crippen molar-refractivity contribution in [1.29, 1.82) is 0 Å². The van der Waals surface area contributed by atoms with Crippen LogP contribution in [0.1, 0.15) is 51.0 Å². The Balaban J connectivity index is 1.57. The fraction of sp³-hybridized carbons (Fsp3) is 0.611. The average Bonchev–Trinajstić information content (AvgIpc) is 2.48. The highest BCUT2D eigenvalue weighted by atomic mass is 32.2. The number of carbonyl (C=O) groups is 1. The zero-order valence-corrected chi connectivity index (χ0v) is 13.7. The zero-order valence-electron chi connectivity index (χ0n) is 12.9. The van der Waals surface area contributed by atoms with Gasteiger partial charge in [-0.25, -0.2) is 0 Å². The molecule has 0 amide bonds. The van der Waals surface area contributed by atoms with Crippen molar-refractivity contribution in [1.82, 2.24) is 0 Å². The molecule has 4 unspecified atom stereocenters. The van der Waals surface area contributed by atoms with Gasteiger partial charge in [0.05, 0.1) is 5.92 Å². The van der Waals surface area contributed by atoms with E-state index in [2.05, 4.69) is 26.0 Å². The molecule has 0 aromatic heterocycles. The quantitative estimate of drug-likeness (QED) is 0.599. The molecule has 114 valence electrons. The van der Waals surface area contributed by atoms with Crippen molar-refractivity contribution in [3.8, 4) is 5.75 Å². The first-order valence-electron chi connectivity index (χ1n) is 8.10. The molecule has 2 fully saturated rings. The van der Waals surface area contributed by atoms with Gasteiger partial charge in [-0.05, 0) is 61.0 Å². The predicted molar refractivity (Wildman–Crippen MR) is 87.9 cm³/mol. The number of hydrogen-bond acceptors (Lipinski definition) is 3. The van der Waals surface area contributed by atoms with E-state index in [0.29, 0.717) is 16.9 Å². The highest BCUT2D eigenvalue weighted by Crippen LogP contribution is 2.46. The summed E-state index contributed by atoms with van der Waals surface area (Å²) < 4.78 is 5.58. The lowest BCUT2D eigenvalue weighted by atomic mass is 9.82. The molecule has 0 spiro atoms. The van der Waals surface area contributed by atoms with Crippen LogP contribution in [-0.4, -0.2) is 17.0 Å². The number of esters is 1. The van der Waals surface area contributed by atoms with E-state index in [1.54, 1.807) is 0 Å². The van der Waals surface area contributed by atoms with Crippen molar-refractivity contribution in [2.75, 3.05) is 5.75 Å². The summed E-state index contributed by atoms with van der Waals surface area (Å²) in [6, 6.07) is 8.02. The van der Waals surface area contributed by atoms with Gasteiger partial charge in [-0.1, -0.05) is 26.0 Å². The Labute approximate surface area is 131 Å². The van der Waals surface area contributed by atoms with E-state index in [1.165, 1.54) is 17.7 Å². The molecule has 1 heterocycles. The Morgan fingerprint density at radius 2 is 2.10 bits per heavy atom. The third kappa shape index (κ3) is 3.28. The Hall–Kier alpha value is -0.960. The number of benzene rings is 1. The van der Waals surface area contributed by atoms with Crippen LogP contribution in [0.15, 0.2) is 24.3 Å². The van der Waals surface area contributed by atoms with Crippen molar-refractivity contribution < 1.29 is 9.53 Å². The minimum atomic E-state index is -0.0303. The number of ether oxygens (including phenoxy) is 1. The normalized spacial score (nSPS) is 29.1. The molecule has 1 aromatic carbocycles. The van der Waals surface area contributed by atoms with Crippen molar-refractivity contribution in [2.45, 2.75) is 50.7 Å². The second kappa shape index (κ2) is 6.43.